The van der Waals surface area contributed by atoms with Crippen molar-refractivity contribution < 1.29 is 9.84 Å². The van der Waals surface area contributed by atoms with E-state index in [1.807, 2.05) is 30.3 Å². The molecule has 0 unspecified atom stereocenters. The van der Waals surface area contributed by atoms with Gasteiger partial charge in [-0.05, 0) is 42.6 Å². The normalized spacial score (nSPS) is 18.6. The molecule has 4 nitrogen and oxygen atoms in total. The number of aliphatic hydroxyl groups excluding tert-OH is 1. The van der Waals surface area contributed by atoms with Crippen molar-refractivity contribution in [2.24, 2.45) is 0 Å². The molecule has 0 aliphatic carbocycles. The molecule has 2 atom stereocenters. The number of nitrogens with zero attached hydrogens (tertiary/aromatic N) is 2. The van der Waals surface area contributed by atoms with Crippen molar-refractivity contribution in [1.82, 2.24) is 4.90 Å². The molecule has 0 spiro atoms. The van der Waals surface area contributed by atoms with Crippen LogP contribution in [0.3, 0.4) is 0 Å². The Kier molecular flexibility index (Phi) is 6.05. The first-order valence-corrected chi connectivity index (χ1v) is 8.82. The van der Waals surface area contributed by atoms with E-state index >= 15 is 0 Å². The lowest BCUT2D eigenvalue weighted by atomic mass is 10.0. The fourth-order valence-corrected chi connectivity index (χ4v) is 3.41. The largest absolute Gasteiger partial charge is 0.491 e. The van der Waals surface area contributed by atoms with E-state index in [0.717, 1.165) is 30.7 Å². The number of aliphatic hydroxyl groups is 1. The molecule has 0 radical (unpaired) electrons. The van der Waals surface area contributed by atoms with Crippen LogP contribution in [0.1, 0.15) is 30.0 Å². The van der Waals surface area contributed by atoms with Gasteiger partial charge in [0.25, 0.3) is 0 Å². The summed E-state index contributed by atoms with van der Waals surface area (Å²) in [6, 6.07) is 20.5. The van der Waals surface area contributed by atoms with Gasteiger partial charge in [0, 0.05) is 12.6 Å². The topological polar surface area (TPSA) is 56.5 Å². The van der Waals surface area contributed by atoms with Crippen LogP contribution >= 0.6 is 0 Å². The number of β-amino-alcohol motifs (C(OH)–C–C–N with tert-alkyl or cyclic N) is 1. The van der Waals surface area contributed by atoms with E-state index in [9.17, 15) is 5.11 Å². The van der Waals surface area contributed by atoms with Crippen LogP contribution in [-0.2, 0) is 6.42 Å². The molecule has 0 amide bonds. The molecule has 1 aliphatic heterocycles. The molecule has 0 bridgehead atoms. The molecule has 2 aromatic carbocycles. The fourth-order valence-electron chi connectivity index (χ4n) is 3.41. The summed E-state index contributed by atoms with van der Waals surface area (Å²) in [6.45, 7) is 1.90. The molecule has 0 saturated carbocycles. The van der Waals surface area contributed by atoms with Gasteiger partial charge >= 0.3 is 0 Å². The van der Waals surface area contributed by atoms with Gasteiger partial charge in [0.1, 0.15) is 18.5 Å². The van der Waals surface area contributed by atoms with Crippen molar-refractivity contribution in [2.45, 2.75) is 31.4 Å². The summed E-state index contributed by atoms with van der Waals surface area (Å²) in [5.74, 6) is 0.724. The highest BCUT2D eigenvalue weighted by Gasteiger charge is 2.27. The number of likely N-dealkylation sites (tertiary alicyclic amines) is 1. The molecule has 130 valence electrons. The van der Waals surface area contributed by atoms with Crippen molar-refractivity contribution in [3.63, 3.8) is 0 Å². The van der Waals surface area contributed by atoms with Gasteiger partial charge < -0.3 is 9.84 Å². The van der Waals surface area contributed by atoms with Gasteiger partial charge in [0.05, 0.1) is 12.5 Å². The Hall–Kier alpha value is -2.35. The van der Waals surface area contributed by atoms with Crippen molar-refractivity contribution in [1.29, 1.82) is 5.26 Å². The van der Waals surface area contributed by atoms with E-state index in [2.05, 4.69) is 35.2 Å². The Labute approximate surface area is 149 Å². The second-order valence-electron chi connectivity index (χ2n) is 6.51. The van der Waals surface area contributed by atoms with Crippen LogP contribution in [0.25, 0.3) is 0 Å². The van der Waals surface area contributed by atoms with E-state index in [-0.39, 0.29) is 6.61 Å². The predicted molar refractivity (Wildman–Crippen MR) is 97.3 cm³/mol. The van der Waals surface area contributed by atoms with Crippen molar-refractivity contribution >= 4 is 0 Å². The van der Waals surface area contributed by atoms with Crippen LogP contribution in [0.2, 0.25) is 0 Å². The summed E-state index contributed by atoms with van der Waals surface area (Å²) in [5, 5.41) is 19.1. The number of hydrogen-bond acceptors (Lipinski definition) is 4. The monoisotopic (exact) mass is 336 g/mol. The van der Waals surface area contributed by atoms with Gasteiger partial charge in [-0.1, -0.05) is 42.5 Å². The maximum Gasteiger partial charge on any atom is 0.119 e. The van der Waals surface area contributed by atoms with E-state index in [1.165, 1.54) is 5.56 Å². The molecule has 2 aromatic rings. The van der Waals surface area contributed by atoms with Gasteiger partial charge in [-0.2, -0.15) is 5.26 Å². The second kappa shape index (κ2) is 8.66. The van der Waals surface area contributed by atoms with Crippen LogP contribution in [0.4, 0.5) is 0 Å². The Morgan fingerprint density at radius 3 is 2.64 bits per heavy atom. The zero-order valence-electron chi connectivity index (χ0n) is 14.3. The Morgan fingerprint density at radius 2 is 1.92 bits per heavy atom. The lowest BCUT2D eigenvalue weighted by Crippen LogP contribution is -2.35. The van der Waals surface area contributed by atoms with Crippen LogP contribution in [-0.4, -0.2) is 35.8 Å². The minimum Gasteiger partial charge on any atom is -0.491 e. The average Bonchev–Trinajstić information content (AvgIpc) is 3.10. The molecular weight excluding hydrogens is 312 g/mol. The number of ether oxygens (including phenoxy) is 1. The zero-order chi connectivity index (χ0) is 17.5. The number of benzene rings is 2. The third-order valence-corrected chi connectivity index (χ3v) is 4.64. The van der Waals surface area contributed by atoms with Crippen molar-refractivity contribution in [3.05, 3.63) is 65.7 Å². The van der Waals surface area contributed by atoms with Gasteiger partial charge in [0.2, 0.25) is 0 Å². The van der Waals surface area contributed by atoms with Crippen LogP contribution in [0, 0.1) is 11.3 Å². The maximum absolute atomic E-state index is 10.4. The average molecular weight is 336 g/mol. The summed E-state index contributed by atoms with van der Waals surface area (Å²) in [5.41, 5.74) is 2.29. The number of rotatable bonds is 7. The third-order valence-electron chi connectivity index (χ3n) is 4.64. The van der Waals surface area contributed by atoms with E-state index in [0.29, 0.717) is 19.0 Å². The predicted octanol–water partition coefficient (Wildman–Crippen LogP) is 3.33. The first-order chi connectivity index (χ1) is 12.3. The lowest BCUT2D eigenvalue weighted by molar-refractivity contribution is 0.0638. The van der Waals surface area contributed by atoms with E-state index < -0.39 is 6.10 Å². The van der Waals surface area contributed by atoms with Crippen LogP contribution in [0.5, 0.6) is 5.75 Å². The van der Waals surface area contributed by atoms with E-state index in [4.69, 9.17) is 10.00 Å². The molecule has 1 heterocycles. The van der Waals surface area contributed by atoms with Crippen molar-refractivity contribution in [3.8, 4) is 11.8 Å². The van der Waals surface area contributed by atoms with Crippen molar-refractivity contribution in [2.75, 3.05) is 19.7 Å². The quantitative estimate of drug-likeness (QED) is 0.842. The standard InChI is InChI=1S/C21H24N2O2/c22-13-12-17-8-10-20(11-9-17)25-16-19(24)15-23-14-4-7-21(23)18-5-2-1-3-6-18/h1-3,5-6,8-11,19,21,24H,4,7,12,14-16H2/t19-,21+/m1/s1. The molecule has 1 saturated heterocycles. The Balaban J connectivity index is 1.50. The summed E-state index contributed by atoms with van der Waals surface area (Å²) in [6.07, 6.45) is 2.17. The molecule has 4 heteroatoms. The zero-order valence-corrected chi connectivity index (χ0v) is 14.3. The summed E-state index contributed by atoms with van der Waals surface area (Å²) in [7, 11) is 0. The summed E-state index contributed by atoms with van der Waals surface area (Å²) in [4.78, 5) is 2.35. The molecule has 25 heavy (non-hydrogen) atoms. The highest BCUT2D eigenvalue weighted by Crippen LogP contribution is 2.31. The van der Waals surface area contributed by atoms with Crippen LogP contribution in [0.15, 0.2) is 54.6 Å². The minimum atomic E-state index is -0.525. The highest BCUT2D eigenvalue weighted by molar-refractivity contribution is 5.28. The summed E-state index contributed by atoms with van der Waals surface area (Å²) < 4.78 is 5.69. The minimum absolute atomic E-state index is 0.273. The molecule has 3 rings (SSSR count). The fraction of sp³-hybridized carbons (Fsp3) is 0.381. The second-order valence-corrected chi connectivity index (χ2v) is 6.51. The first-order valence-electron chi connectivity index (χ1n) is 8.82. The first kappa shape index (κ1) is 17.5. The van der Waals surface area contributed by atoms with Gasteiger partial charge in [0.15, 0.2) is 0 Å². The molecule has 0 aromatic heterocycles. The molecule has 1 aliphatic rings. The van der Waals surface area contributed by atoms with Gasteiger partial charge in [-0.3, -0.25) is 4.90 Å². The molecular formula is C21H24N2O2. The maximum atomic E-state index is 10.4. The van der Waals surface area contributed by atoms with Gasteiger partial charge in [-0.25, -0.2) is 0 Å². The van der Waals surface area contributed by atoms with Gasteiger partial charge in [-0.15, -0.1) is 0 Å². The highest BCUT2D eigenvalue weighted by atomic mass is 16.5. The third kappa shape index (κ3) is 4.82. The smallest absolute Gasteiger partial charge is 0.119 e. The molecule has 1 fully saturated rings. The number of hydrogen-bond donors (Lipinski definition) is 1. The van der Waals surface area contributed by atoms with Crippen LogP contribution < -0.4 is 4.74 Å². The Bertz CT molecular complexity index is 694. The lowest BCUT2D eigenvalue weighted by Gasteiger charge is -2.27. The molecule has 1 N–H and O–H groups in total. The SMILES string of the molecule is N#CCc1ccc(OC[C@H](O)CN2CCC[C@H]2c2ccccc2)cc1. The van der Waals surface area contributed by atoms with E-state index in [1.54, 1.807) is 0 Å². The Morgan fingerprint density at radius 1 is 1.16 bits per heavy atom. The summed E-state index contributed by atoms with van der Waals surface area (Å²) >= 11 is 0. The number of nitriles is 1.